The number of methoxy groups -OCH3 is 2. The molecule has 1 aliphatic heterocycles. The number of nitrogens with one attached hydrogen (secondary N) is 1. The summed E-state index contributed by atoms with van der Waals surface area (Å²) >= 11 is 0. The van der Waals surface area contributed by atoms with Gasteiger partial charge in [0, 0.05) is 25.2 Å². The monoisotopic (exact) mass is 398 g/mol. The van der Waals surface area contributed by atoms with Crippen LogP contribution < -0.4 is 14.8 Å². The molecule has 1 unspecified atom stereocenters. The minimum Gasteiger partial charge on any atom is -0.497 e. The number of ether oxygens (including phenoxy) is 2. The van der Waals surface area contributed by atoms with Crippen LogP contribution in [0.15, 0.2) is 53.4 Å². The predicted molar refractivity (Wildman–Crippen MR) is 103 cm³/mol. The zero-order valence-electron chi connectivity index (χ0n) is 14.7. The average molecular weight is 399 g/mol. The SMILES string of the molecule is COc1ccc(S(=O)(=O)N2CCNCC2c2ccccc2OC)cc1.Cl. The Kier molecular flexibility index (Phi) is 6.88. The number of rotatable bonds is 5. The molecule has 0 aliphatic carbocycles. The number of para-hydroxylation sites is 1. The van der Waals surface area contributed by atoms with Crippen LogP contribution >= 0.6 is 12.4 Å². The predicted octanol–water partition coefficient (Wildman–Crippen LogP) is 2.46. The van der Waals surface area contributed by atoms with Crippen molar-refractivity contribution in [2.75, 3.05) is 33.9 Å². The van der Waals surface area contributed by atoms with Gasteiger partial charge in [0.05, 0.1) is 25.2 Å². The lowest BCUT2D eigenvalue weighted by atomic mass is 10.0. The van der Waals surface area contributed by atoms with Crippen LogP contribution in [0, 0.1) is 0 Å². The lowest BCUT2D eigenvalue weighted by Crippen LogP contribution is -2.48. The van der Waals surface area contributed by atoms with E-state index < -0.39 is 10.0 Å². The maximum atomic E-state index is 13.2. The molecule has 0 saturated carbocycles. The normalized spacial score (nSPS) is 18.0. The summed E-state index contributed by atoms with van der Waals surface area (Å²) < 4.78 is 38.5. The Balaban J connectivity index is 0.00000243. The molecule has 2 aromatic carbocycles. The largest absolute Gasteiger partial charge is 0.497 e. The summed E-state index contributed by atoms with van der Waals surface area (Å²) in [5.41, 5.74) is 0.856. The Hall–Kier alpha value is -1.80. The molecular weight excluding hydrogens is 376 g/mol. The summed E-state index contributed by atoms with van der Waals surface area (Å²) in [5.74, 6) is 1.31. The van der Waals surface area contributed by atoms with Crippen molar-refractivity contribution in [1.82, 2.24) is 9.62 Å². The van der Waals surface area contributed by atoms with Crippen molar-refractivity contribution in [3.8, 4) is 11.5 Å². The zero-order chi connectivity index (χ0) is 17.9. The summed E-state index contributed by atoms with van der Waals surface area (Å²) in [7, 11) is -0.479. The fourth-order valence-electron chi connectivity index (χ4n) is 3.06. The molecule has 142 valence electrons. The molecule has 8 heteroatoms. The van der Waals surface area contributed by atoms with Gasteiger partial charge < -0.3 is 14.8 Å². The molecule has 0 bridgehead atoms. The molecule has 26 heavy (non-hydrogen) atoms. The van der Waals surface area contributed by atoms with E-state index in [1.54, 1.807) is 42.8 Å². The van der Waals surface area contributed by atoms with Crippen molar-refractivity contribution in [2.45, 2.75) is 10.9 Å². The Morgan fingerprint density at radius 3 is 2.38 bits per heavy atom. The van der Waals surface area contributed by atoms with E-state index in [2.05, 4.69) is 5.32 Å². The van der Waals surface area contributed by atoms with Gasteiger partial charge in [0.2, 0.25) is 10.0 Å². The molecule has 1 saturated heterocycles. The molecule has 6 nitrogen and oxygen atoms in total. The number of piperazine rings is 1. The third kappa shape index (κ3) is 3.96. The highest BCUT2D eigenvalue weighted by Gasteiger charge is 2.35. The summed E-state index contributed by atoms with van der Waals surface area (Å²) in [4.78, 5) is 0.259. The first-order valence-electron chi connectivity index (χ1n) is 8.07. The fraction of sp³-hybridized carbons (Fsp3) is 0.333. The maximum absolute atomic E-state index is 13.2. The van der Waals surface area contributed by atoms with E-state index in [1.807, 2.05) is 24.3 Å². The Bertz CT molecular complexity index is 827. The van der Waals surface area contributed by atoms with Crippen LogP contribution in [0.4, 0.5) is 0 Å². The quantitative estimate of drug-likeness (QED) is 0.837. The van der Waals surface area contributed by atoms with Crippen LogP contribution in [0.5, 0.6) is 11.5 Å². The molecule has 0 aromatic heterocycles. The van der Waals surface area contributed by atoms with Crippen molar-refractivity contribution in [3.63, 3.8) is 0 Å². The molecule has 1 aliphatic rings. The highest BCUT2D eigenvalue weighted by molar-refractivity contribution is 7.89. The molecule has 3 rings (SSSR count). The number of hydrogen-bond acceptors (Lipinski definition) is 5. The van der Waals surface area contributed by atoms with Gasteiger partial charge in [-0.05, 0) is 30.3 Å². The van der Waals surface area contributed by atoms with Crippen molar-refractivity contribution < 1.29 is 17.9 Å². The smallest absolute Gasteiger partial charge is 0.243 e. The topological polar surface area (TPSA) is 67.9 Å². The summed E-state index contributed by atoms with van der Waals surface area (Å²) in [6, 6.07) is 13.7. The Labute approximate surface area is 160 Å². The van der Waals surface area contributed by atoms with Crippen molar-refractivity contribution in [1.29, 1.82) is 0 Å². The summed E-state index contributed by atoms with van der Waals surface area (Å²) in [5, 5.41) is 3.27. The van der Waals surface area contributed by atoms with Crippen molar-refractivity contribution >= 4 is 22.4 Å². The van der Waals surface area contributed by atoms with Gasteiger partial charge in [0.1, 0.15) is 11.5 Å². The molecule has 0 spiro atoms. The van der Waals surface area contributed by atoms with E-state index in [4.69, 9.17) is 9.47 Å². The molecular formula is C18H23ClN2O4S. The van der Waals surface area contributed by atoms with Gasteiger partial charge >= 0.3 is 0 Å². The second-order valence-electron chi connectivity index (χ2n) is 5.75. The number of hydrogen-bond donors (Lipinski definition) is 1. The van der Waals surface area contributed by atoms with Crippen LogP contribution in [-0.4, -0.2) is 46.6 Å². The van der Waals surface area contributed by atoms with Crippen LogP contribution in [-0.2, 0) is 10.0 Å². The van der Waals surface area contributed by atoms with Crippen LogP contribution in [0.3, 0.4) is 0 Å². The number of benzene rings is 2. The van der Waals surface area contributed by atoms with E-state index in [0.29, 0.717) is 31.1 Å². The molecule has 0 radical (unpaired) electrons. The Morgan fingerprint density at radius 2 is 1.73 bits per heavy atom. The second kappa shape index (κ2) is 8.73. The summed E-state index contributed by atoms with van der Waals surface area (Å²) in [6.07, 6.45) is 0. The number of sulfonamides is 1. The van der Waals surface area contributed by atoms with E-state index in [-0.39, 0.29) is 23.3 Å². The van der Waals surface area contributed by atoms with Crippen LogP contribution in [0.1, 0.15) is 11.6 Å². The van der Waals surface area contributed by atoms with Crippen molar-refractivity contribution in [2.24, 2.45) is 0 Å². The fourth-order valence-corrected chi connectivity index (χ4v) is 4.67. The standard InChI is InChI=1S/C18H22N2O4S.ClH/c1-23-14-7-9-15(10-8-14)25(21,22)20-12-11-19-13-17(20)16-5-3-4-6-18(16)24-2;/h3-10,17,19H,11-13H2,1-2H3;1H. The second-order valence-corrected chi connectivity index (χ2v) is 7.64. The molecule has 1 N–H and O–H groups in total. The molecule has 2 aromatic rings. The minimum absolute atomic E-state index is 0. The lowest BCUT2D eigenvalue weighted by molar-refractivity contribution is 0.264. The van der Waals surface area contributed by atoms with Crippen LogP contribution in [0.2, 0.25) is 0 Å². The van der Waals surface area contributed by atoms with Gasteiger partial charge in [-0.3, -0.25) is 0 Å². The van der Waals surface area contributed by atoms with Gasteiger partial charge in [0.25, 0.3) is 0 Å². The van der Waals surface area contributed by atoms with Gasteiger partial charge in [-0.15, -0.1) is 12.4 Å². The Morgan fingerprint density at radius 1 is 1.04 bits per heavy atom. The van der Waals surface area contributed by atoms with Gasteiger partial charge in [0.15, 0.2) is 0 Å². The third-order valence-electron chi connectivity index (χ3n) is 4.36. The first-order chi connectivity index (χ1) is 12.1. The summed E-state index contributed by atoms with van der Waals surface area (Å²) in [6.45, 7) is 1.55. The molecule has 0 amide bonds. The third-order valence-corrected chi connectivity index (χ3v) is 6.28. The van der Waals surface area contributed by atoms with Gasteiger partial charge in [-0.25, -0.2) is 8.42 Å². The lowest BCUT2D eigenvalue weighted by Gasteiger charge is -2.36. The highest BCUT2D eigenvalue weighted by atomic mass is 35.5. The first-order valence-corrected chi connectivity index (χ1v) is 9.51. The molecule has 1 atom stereocenters. The average Bonchev–Trinajstić information content (AvgIpc) is 2.68. The van der Waals surface area contributed by atoms with Gasteiger partial charge in [-0.1, -0.05) is 18.2 Å². The van der Waals surface area contributed by atoms with Crippen molar-refractivity contribution in [3.05, 3.63) is 54.1 Å². The highest BCUT2D eigenvalue weighted by Crippen LogP contribution is 2.34. The molecule has 1 heterocycles. The maximum Gasteiger partial charge on any atom is 0.243 e. The van der Waals surface area contributed by atoms with E-state index >= 15 is 0 Å². The van der Waals surface area contributed by atoms with Crippen LogP contribution in [0.25, 0.3) is 0 Å². The van der Waals surface area contributed by atoms with Gasteiger partial charge in [-0.2, -0.15) is 4.31 Å². The number of nitrogens with zero attached hydrogens (tertiary/aromatic N) is 1. The van der Waals surface area contributed by atoms with E-state index in [9.17, 15) is 8.42 Å². The number of halogens is 1. The van der Waals surface area contributed by atoms with E-state index in [1.165, 1.54) is 0 Å². The minimum atomic E-state index is -3.63. The zero-order valence-corrected chi connectivity index (χ0v) is 16.3. The first kappa shape index (κ1) is 20.5. The van der Waals surface area contributed by atoms with E-state index in [0.717, 1.165) is 5.56 Å². The molecule has 1 fully saturated rings.